The second kappa shape index (κ2) is 13.7. The molecule has 1 aromatic heterocycles. The highest BCUT2D eigenvalue weighted by molar-refractivity contribution is 7.95. The van der Waals surface area contributed by atoms with Crippen LogP contribution in [-0.4, -0.2) is 24.2 Å². The molecule has 5 aromatic rings. The van der Waals surface area contributed by atoms with Gasteiger partial charge < -0.3 is 26.1 Å². The van der Waals surface area contributed by atoms with Crippen LogP contribution in [0.3, 0.4) is 0 Å². The second-order valence-electron chi connectivity index (χ2n) is 9.64. The van der Waals surface area contributed by atoms with Crippen LogP contribution in [0.1, 0.15) is 30.7 Å². The summed E-state index contributed by atoms with van der Waals surface area (Å²) < 4.78 is 11.3. The highest BCUT2D eigenvalue weighted by atomic mass is 79.9. The van der Waals surface area contributed by atoms with Crippen LogP contribution < -0.4 is 32.9 Å². The Morgan fingerprint density at radius 2 is 1.38 bits per heavy atom. The van der Waals surface area contributed by atoms with Gasteiger partial charge in [0.25, 0.3) is 0 Å². The predicted molar refractivity (Wildman–Crippen MR) is 161 cm³/mol. The third kappa shape index (κ3) is 6.43. The second-order valence-corrected chi connectivity index (χ2v) is 13.2. The van der Waals surface area contributed by atoms with Crippen LogP contribution in [0.5, 0.6) is 0 Å². The molecule has 0 saturated carbocycles. The highest BCUT2D eigenvalue weighted by Gasteiger charge is 2.42. The quantitative estimate of drug-likeness (QED) is 0.179. The summed E-state index contributed by atoms with van der Waals surface area (Å²) in [5.74, 6) is 0.311. The molecule has 1 atom stereocenters. The monoisotopic (exact) mass is 613 g/mol. The lowest BCUT2D eigenvalue weighted by atomic mass is 9.92. The maximum absolute atomic E-state index is 12.4. The van der Waals surface area contributed by atoms with Gasteiger partial charge in [0.1, 0.15) is 35.1 Å². The van der Waals surface area contributed by atoms with Crippen molar-refractivity contribution >= 4 is 29.1 Å². The number of aromatic nitrogens is 1. The van der Waals surface area contributed by atoms with Crippen molar-refractivity contribution in [3.63, 3.8) is 0 Å². The van der Waals surface area contributed by atoms with Gasteiger partial charge in [0.05, 0.1) is 19.7 Å². The van der Waals surface area contributed by atoms with Crippen LogP contribution in [0.2, 0.25) is 0 Å². The van der Waals surface area contributed by atoms with E-state index in [0.717, 1.165) is 16.8 Å². The largest absolute Gasteiger partial charge is 1.00 e. The molecule has 0 aliphatic carbocycles. The third-order valence-electron chi connectivity index (χ3n) is 7.17. The number of carbonyl (C=O) groups excluding carboxylic acids is 1. The molecule has 0 spiro atoms. The lowest BCUT2D eigenvalue weighted by Gasteiger charge is -2.24. The Morgan fingerprint density at radius 1 is 0.825 bits per heavy atom. The van der Waals surface area contributed by atoms with Gasteiger partial charge in [-0.2, -0.15) is 0 Å². The smallest absolute Gasteiger partial charge is 0.306 e. The predicted octanol–water partition coefficient (Wildman–Crippen LogP) is 3.55. The Kier molecular flexibility index (Phi) is 10.1. The van der Waals surface area contributed by atoms with Crippen LogP contribution in [0.25, 0.3) is 11.3 Å². The van der Waals surface area contributed by atoms with Gasteiger partial charge in [0.15, 0.2) is 5.89 Å². The number of carbonyl (C=O) groups is 1. The van der Waals surface area contributed by atoms with E-state index in [1.54, 1.807) is 6.26 Å². The molecule has 0 radical (unpaired) electrons. The maximum atomic E-state index is 12.4. The molecule has 204 valence electrons. The van der Waals surface area contributed by atoms with Crippen LogP contribution in [0, 0.1) is 0 Å². The van der Waals surface area contributed by atoms with E-state index in [-0.39, 0.29) is 35.3 Å². The number of esters is 1. The van der Waals surface area contributed by atoms with E-state index >= 15 is 0 Å². The Labute approximate surface area is 247 Å². The number of hydrogen-bond donors (Lipinski definition) is 0. The number of hydrogen-bond acceptors (Lipinski definition) is 4. The van der Waals surface area contributed by atoms with Crippen molar-refractivity contribution in [2.75, 3.05) is 13.3 Å². The summed E-state index contributed by atoms with van der Waals surface area (Å²) in [4.78, 5) is 17.4. The van der Waals surface area contributed by atoms with Crippen molar-refractivity contribution < 1.29 is 30.9 Å². The third-order valence-corrected chi connectivity index (χ3v) is 11.2. The summed E-state index contributed by atoms with van der Waals surface area (Å²) in [5.41, 5.74) is 2.94. The molecule has 0 fully saturated rings. The first kappa shape index (κ1) is 29.5. The fourth-order valence-corrected chi connectivity index (χ4v) is 8.60. The Bertz CT molecular complexity index is 1470. The van der Waals surface area contributed by atoms with Gasteiger partial charge in [-0.1, -0.05) is 78.9 Å². The van der Waals surface area contributed by atoms with E-state index in [2.05, 4.69) is 91.6 Å². The lowest BCUT2D eigenvalue weighted by molar-refractivity contribution is -0.143. The first-order valence-corrected chi connectivity index (χ1v) is 15.6. The molecule has 0 amide bonds. The van der Waals surface area contributed by atoms with E-state index < -0.39 is 7.26 Å². The van der Waals surface area contributed by atoms with Crippen LogP contribution in [0.4, 0.5) is 0 Å². The van der Waals surface area contributed by atoms with Crippen LogP contribution in [-0.2, 0) is 16.0 Å². The molecule has 0 saturated heterocycles. The normalized spacial score (nSPS) is 11.8. The first-order valence-electron chi connectivity index (χ1n) is 13.3. The van der Waals surface area contributed by atoms with Gasteiger partial charge in [0, 0.05) is 17.9 Å². The fraction of sp³-hybridized carbons (Fsp3) is 0.176. The number of ether oxygens (including phenoxy) is 1. The molecule has 4 nitrogen and oxygen atoms in total. The number of benzene rings is 4. The Balaban J connectivity index is 0.00000370. The fourth-order valence-electron chi connectivity index (χ4n) is 5.15. The van der Waals surface area contributed by atoms with Crippen LogP contribution in [0.15, 0.2) is 126 Å². The SMILES string of the molecule is CCOC(=O)CC(Cc1nc(-c2ccccc2[P+](C)(c2ccccc2)c2ccccc2)co1)c1ccccc1.[Br-]. The van der Waals surface area contributed by atoms with Crippen molar-refractivity contribution in [2.45, 2.75) is 25.7 Å². The zero-order chi connectivity index (χ0) is 27.1. The minimum absolute atomic E-state index is 0. The minimum Gasteiger partial charge on any atom is -1.00 e. The summed E-state index contributed by atoms with van der Waals surface area (Å²) in [7, 11) is -1.97. The molecule has 40 heavy (non-hydrogen) atoms. The maximum Gasteiger partial charge on any atom is 0.306 e. The molecule has 4 aromatic carbocycles. The van der Waals surface area contributed by atoms with Crippen LogP contribution >= 0.6 is 7.26 Å². The van der Waals surface area contributed by atoms with Gasteiger partial charge in [-0.25, -0.2) is 4.98 Å². The summed E-state index contributed by atoms with van der Waals surface area (Å²) in [6.45, 7) is 4.57. The summed E-state index contributed by atoms with van der Waals surface area (Å²) in [6.07, 6.45) is 2.54. The first-order chi connectivity index (χ1) is 19.1. The number of nitrogens with zero attached hydrogens (tertiary/aromatic N) is 1. The zero-order valence-corrected chi connectivity index (χ0v) is 25.2. The zero-order valence-electron chi connectivity index (χ0n) is 22.7. The molecular formula is C34H33BrNO3P. The molecular weight excluding hydrogens is 581 g/mol. The van der Waals surface area contributed by atoms with Gasteiger partial charge in [-0.05, 0) is 48.9 Å². The molecule has 1 unspecified atom stereocenters. The highest BCUT2D eigenvalue weighted by Crippen LogP contribution is 2.53. The van der Waals surface area contributed by atoms with Gasteiger partial charge in [-0.3, -0.25) is 4.79 Å². The standard InChI is InChI=1S/C34H33NO3P.BrH/c1-3-37-34(36)24-27(26-15-7-4-8-16-26)23-33-35-31(25-38-33)30-21-13-14-22-32(30)39(2,28-17-9-5-10-18-28)29-19-11-6-12-20-29;/h4-22,25,27H,3,23-24H2,1-2H3;1H/q+1;/p-1. The Hall–Kier alpha value is -3.53. The van der Waals surface area contributed by atoms with E-state index in [9.17, 15) is 4.79 Å². The van der Waals surface area contributed by atoms with Crippen molar-refractivity contribution in [1.82, 2.24) is 4.98 Å². The average Bonchev–Trinajstić information content (AvgIpc) is 3.46. The van der Waals surface area contributed by atoms with Crippen molar-refractivity contribution in [3.8, 4) is 11.3 Å². The summed E-state index contributed by atoms with van der Waals surface area (Å²) >= 11 is 0. The molecule has 0 aliphatic heterocycles. The number of halogens is 1. The Morgan fingerprint density at radius 3 is 1.98 bits per heavy atom. The van der Waals surface area contributed by atoms with Gasteiger partial charge >= 0.3 is 5.97 Å². The summed E-state index contributed by atoms with van der Waals surface area (Å²) in [5, 5.41) is 3.88. The average molecular weight is 615 g/mol. The molecule has 0 N–H and O–H groups in total. The lowest BCUT2D eigenvalue weighted by Crippen LogP contribution is -3.00. The van der Waals surface area contributed by atoms with Gasteiger partial charge in [-0.15, -0.1) is 0 Å². The minimum atomic E-state index is -1.97. The van der Waals surface area contributed by atoms with Crippen molar-refractivity contribution in [2.24, 2.45) is 0 Å². The molecule has 0 aliphatic rings. The molecule has 1 heterocycles. The van der Waals surface area contributed by atoms with E-state index in [0.29, 0.717) is 18.9 Å². The van der Waals surface area contributed by atoms with E-state index in [1.807, 2.05) is 37.3 Å². The number of oxazole rings is 1. The van der Waals surface area contributed by atoms with E-state index in [4.69, 9.17) is 14.1 Å². The number of rotatable bonds is 10. The van der Waals surface area contributed by atoms with Gasteiger partial charge in [0.2, 0.25) is 0 Å². The molecule has 6 heteroatoms. The summed E-state index contributed by atoms with van der Waals surface area (Å²) in [6, 6.07) is 40.0. The van der Waals surface area contributed by atoms with E-state index in [1.165, 1.54) is 15.9 Å². The molecule has 5 rings (SSSR count). The van der Waals surface area contributed by atoms with Crippen molar-refractivity contribution in [3.05, 3.63) is 133 Å². The molecule has 0 bridgehead atoms. The van der Waals surface area contributed by atoms with Crippen molar-refractivity contribution in [1.29, 1.82) is 0 Å². The topological polar surface area (TPSA) is 52.3 Å².